The number of anilines is 1. The van der Waals surface area contributed by atoms with E-state index in [4.69, 9.17) is 0 Å². The largest absolute Gasteiger partial charge is 0.331 e. The molecule has 0 aromatic heterocycles. The monoisotopic (exact) mass is 368 g/mol. The predicted octanol–water partition coefficient (Wildman–Crippen LogP) is 1.80. The van der Waals surface area contributed by atoms with Crippen molar-refractivity contribution >= 4 is 17.5 Å². The second-order valence-corrected chi connectivity index (χ2v) is 7.28. The molecule has 2 N–H and O–H groups in total. The van der Waals surface area contributed by atoms with Gasteiger partial charge in [-0.15, -0.1) is 0 Å². The van der Waals surface area contributed by atoms with Crippen LogP contribution >= 0.6 is 0 Å². The van der Waals surface area contributed by atoms with Crippen LogP contribution in [0.3, 0.4) is 0 Å². The van der Waals surface area contributed by atoms with E-state index < -0.39 is 0 Å². The highest BCUT2D eigenvalue weighted by Gasteiger charge is 2.26. The zero-order chi connectivity index (χ0) is 20.0. The normalized spacial score (nSPS) is 12.9. The number of nitrogens with one attached hydrogen (secondary N) is 2. The molecule has 2 rings (SSSR count). The SMILES string of the molecule is Cc1ccc(NC(=O)CN(C)C(=O)[C@@H](C)[NH+](C)Cc2ccccc2C)cc1. The molecule has 0 radical (unpaired) electrons. The minimum absolute atomic E-state index is 0.0364. The van der Waals surface area contributed by atoms with Crippen molar-refractivity contribution in [2.45, 2.75) is 33.4 Å². The minimum atomic E-state index is -0.234. The maximum absolute atomic E-state index is 12.7. The number of aryl methyl sites for hydroxylation is 2. The molecule has 0 fully saturated rings. The molecular weight excluding hydrogens is 338 g/mol. The molecule has 2 aromatic carbocycles. The zero-order valence-electron chi connectivity index (χ0n) is 16.9. The number of nitrogens with zero attached hydrogens (tertiary/aromatic N) is 1. The van der Waals surface area contributed by atoms with Crippen molar-refractivity contribution in [2.24, 2.45) is 0 Å². The number of carbonyl (C=O) groups excluding carboxylic acids is 2. The number of hydrogen-bond acceptors (Lipinski definition) is 2. The van der Waals surface area contributed by atoms with E-state index in [1.807, 2.05) is 57.3 Å². The Morgan fingerprint density at radius 2 is 1.70 bits per heavy atom. The van der Waals surface area contributed by atoms with Crippen molar-refractivity contribution < 1.29 is 14.5 Å². The molecule has 5 heteroatoms. The third-order valence-electron chi connectivity index (χ3n) is 4.93. The van der Waals surface area contributed by atoms with Crippen LogP contribution in [0.4, 0.5) is 5.69 Å². The lowest BCUT2D eigenvalue weighted by atomic mass is 10.1. The topological polar surface area (TPSA) is 53.9 Å². The van der Waals surface area contributed by atoms with Gasteiger partial charge in [0.1, 0.15) is 6.54 Å². The van der Waals surface area contributed by atoms with Crippen LogP contribution in [0.5, 0.6) is 0 Å². The number of quaternary nitrogens is 1. The first-order chi connectivity index (χ1) is 12.8. The molecule has 2 amide bonds. The van der Waals surface area contributed by atoms with Gasteiger partial charge in [-0.2, -0.15) is 0 Å². The van der Waals surface area contributed by atoms with Gasteiger partial charge < -0.3 is 15.1 Å². The molecule has 0 saturated carbocycles. The van der Waals surface area contributed by atoms with Gasteiger partial charge in [0.2, 0.25) is 5.91 Å². The second kappa shape index (κ2) is 9.33. The van der Waals surface area contributed by atoms with E-state index in [0.29, 0.717) is 0 Å². The Labute approximate surface area is 162 Å². The first-order valence-electron chi connectivity index (χ1n) is 9.26. The summed E-state index contributed by atoms with van der Waals surface area (Å²) in [6.07, 6.45) is 0. The summed E-state index contributed by atoms with van der Waals surface area (Å²) < 4.78 is 0. The highest BCUT2D eigenvalue weighted by atomic mass is 16.2. The van der Waals surface area contributed by atoms with E-state index in [1.54, 1.807) is 7.05 Å². The first kappa shape index (κ1) is 20.6. The molecule has 2 aromatic rings. The van der Waals surface area contributed by atoms with E-state index in [9.17, 15) is 9.59 Å². The van der Waals surface area contributed by atoms with Gasteiger partial charge >= 0.3 is 0 Å². The Hall–Kier alpha value is -2.66. The summed E-state index contributed by atoms with van der Waals surface area (Å²) in [5.74, 6) is -0.237. The van der Waals surface area contributed by atoms with Crippen LogP contribution in [0.2, 0.25) is 0 Å². The number of rotatable bonds is 7. The molecule has 5 nitrogen and oxygen atoms in total. The van der Waals surface area contributed by atoms with Crippen molar-refractivity contribution in [3.8, 4) is 0 Å². The third-order valence-corrected chi connectivity index (χ3v) is 4.93. The molecule has 0 heterocycles. The third kappa shape index (κ3) is 5.93. The van der Waals surface area contributed by atoms with E-state index in [1.165, 1.54) is 16.0 Å². The van der Waals surface area contributed by atoms with E-state index in [0.717, 1.165) is 22.7 Å². The van der Waals surface area contributed by atoms with Crippen molar-refractivity contribution in [1.82, 2.24) is 4.90 Å². The Balaban J connectivity index is 1.89. The molecule has 0 bridgehead atoms. The van der Waals surface area contributed by atoms with Crippen LogP contribution in [0.15, 0.2) is 48.5 Å². The van der Waals surface area contributed by atoms with Crippen molar-refractivity contribution in [3.63, 3.8) is 0 Å². The van der Waals surface area contributed by atoms with Crippen LogP contribution in [-0.4, -0.2) is 43.4 Å². The number of amides is 2. The van der Waals surface area contributed by atoms with Gasteiger partial charge in [-0.1, -0.05) is 42.0 Å². The summed E-state index contributed by atoms with van der Waals surface area (Å²) in [6, 6.07) is 15.6. The average Bonchev–Trinajstić information content (AvgIpc) is 2.64. The lowest BCUT2D eigenvalue weighted by Crippen LogP contribution is -3.12. The van der Waals surface area contributed by atoms with Crippen molar-refractivity contribution in [1.29, 1.82) is 0 Å². The Morgan fingerprint density at radius 1 is 1.07 bits per heavy atom. The van der Waals surface area contributed by atoms with Crippen LogP contribution in [0.1, 0.15) is 23.6 Å². The minimum Gasteiger partial charge on any atom is -0.331 e. The summed E-state index contributed by atoms with van der Waals surface area (Å²) in [4.78, 5) is 27.5. The lowest BCUT2D eigenvalue weighted by molar-refractivity contribution is -0.908. The van der Waals surface area contributed by atoms with Crippen LogP contribution < -0.4 is 10.2 Å². The summed E-state index contributed by atoms with van der Waals surface area (Å²) in [5, 5.41) is 2.83. The fourth-order valence-corrected chi connectivity index (χ4v) is 2.93. The molecule has 2 atom stereocenters. The standard InChI is InChI=1S/C22H29N3O2/c1-16-10-12-20(13-11-16)23-21(26)15-25(5)22(27)18(3)24(4)14-19-9-7-6-8-17(19)2/h6-13,18H,14-15H2,1-5H3,(H,23,26)/p+1/t18-/m1/s1. The second-order valence-electron chi connectivity index (χ2n) is 7.28. The number of hydrogen-bond donors (Lipinski definition) is 2. The lowest BCUT2D eigenvalue weighted by Gasteiger charge is -2.26. The van der Waals surface area contributed by atoms with Crippen LogP contribution in [0, 0.1) is 13.8 Å². The quantitative estimate of drug-likeness (QED) is 0.783. The molecule has 27 heavy (non-hydrogen) atoms. The Bertz CT molecular complexity index is 786. The molecular formula is C22H30N3O2+. The average molecular weight is 369 g/mol. The highest BCUT2D eigenvalue weighted by Crippen LogP contribution is 2.08. The first-order valence-corrected chi connectivity index (χ1v) is 9.26. The Kier molecular flexibility index (Phi) is 7.13. The summed E-state index contributed by atoms with van der Waals surface area (Å²) >= 11 is 0. The van der Waals surface area contributed by atoms with Gasteiger partial charge in [0.05, 0.1) is 13.6 Å². The summed E-state index contributed by atoms with van der Waals surface area (Å²) in [5.41, 5.74) is 4.33. The molecule has 0 aliphatic heterocycles. The molecule has 0 aliphatic carbocycles. The van der Waals surface area contributed by atoms with E-state index in [-0.39, 0.29) is 24.4 Å². The van der Waals surface area contributed by atoms with Crippen LogP contribution in [0.25, 0.3) is 0 Å². The molecule has 1 unspecified atom stereocenters. The zero-order valence-corrected chi connectivity index (χ0v) is 16.9. The van der Waals surface area contributed by atoms with Gasteiger partial charge in [0.15, 0.2) is 6.04 Å². The fourth-order valence-electron chi connectivity index (χ4n) is 2.93. The van der Waals surface area contributed by atoms with Gasteiger partial charge in [0, 0.05) is 18.3 Å². The summed E-state index contributed by atoms with van der Waals surface area (Å²) in [7, 11) is 3.68. The van der Waals surface area contributed by atoms with Gasteiger partial charge in [-0.05, 0) is 38.5 Å². The maximum atomic E-state index is 12.7. The van der Waals surface area contributed by atoms with Gasteiger partial charge in [-0.25, -0.2) is 0 Å². The number of carbonyl (C=O) groups is 2. The molecule has 0 spiro atoms. The van der Waals surface area contributed by atoms with Crippen LogP contribution in [-0.2, 0) is 16.1 Å². The number of likely N-dealkylation sites (N-methyl/N-ethyl adjacent to an activating group) is 2. The van der Waals surface area contributed by atoms with Crippen molar-refractivity contribution in [2.75, 3.05) is 26.0 Å². The Morgan fingerprint density at radius 3 is 2.33 bits per heavy atom. The fraction of sp³-hybridized carbons (Fsp3) is 0.364. The summed E-state index contributed by atoms with van der Waals surface area (Å²) in [6.45, 7) is 6.79. The predicted molar refractivity (Wildman–Crippen MR) is 109 cm³/mol. The van der Waals surface area contributed by atoms with E-state index >= 15 is 0 Å². The molecule has 0 aliphatic rings. The van der Waals surface area contributed by atoms with Gasteiger partial charge in [0.25, 0.3) is 5.91 Å². The van der Waals surface area contributed by atoms with Gasteiger partial charge in [-0.3, -0.25) is 9.59 Å². The molecule has 0 saturated heterocycles. The van der Waals surface area contributed by atoms with Crippen molar-refractivity contribution in [3.05, 3.63) is 65.2 Å². The number of benzene rings is 2. The maximum Gasteiger partial charge on any atom is 0.280 e. The highest BCUT2D eigenvalue weighted by molar-refractivity contribution is 5.94. The molecule has 144 valence electrons. The van der Waals surface area contributed by atoms with E-state index in [2.05, 4.69) is 24.4 Å². The smallest absolute Gasteiger partial charge is 0.280 e.